The SMILES string of the molecule is CC(C)c1c(C#N)c(N)nc(SC2CC(=O)N(c3ccc(C(=O)OCC(=O)c4ccc(F)cc4)cc3)C2=O)c1C#N. The largest absolute Gasteiger partial charge is 0.454 e. The number of halogens is 1. The lowest BCUT2D eigenvalue weighted by Crippen LogP contribution is -2.31. The molecule has 206 valence electrons. The van der Waals surface area contributed by atoms with E-state index in [4.69, 9.17) is 10.5 Å². The summed E-state index contributed by atoms with van der Waals surface area (Å²) in [6.45, 7) is 3.06. The van der Waals surface area contributed by atoms with E-state index in [-0.39, 0.29) is 51.1 Å². The molecule has 0 spiro atoms. The minimum Gasteiger partial charge on any atom is -0.454 e. The average Bonchev–Trinajstić information content (AvgIpc) is 3.23. The number of nitrogen functional groups attached to an aromatic ring is 1. The van der Waals surface area contributed by atoms with Crippen LogP contribution >= 0.6 is 11.8 Å². The lowest BCUT2D eigenvalue weighted by Gasteiger charge is -2.17. The minimum atomic E-state index is -0.892. The van der Waals surface area contributed by atoms with Gasteiger partial charge in [-0.05, 0) is 60.0 Å². The van der Waals surface area contributed by atoms with E-state index in [9.17, 15) is 34.1 Å². The third-order valence-corrected chi connectivity index (χ3v) is 7.42. The first-order valence-electron chi connectivity index (χ1n) is 12.3. The number of ketones is 1. The number of nitrogens with zero attached hydrogens (tertiary/aromatic N) is 4. The second-order valence-electron chi connectivity index (χ2n) is 9.28. The maximum atomic E-state index is 13.2. The molecule has 1 aromatic heterocycles. The molecule has 2 N–H and O–H groups in total. The van der Waals surface area contributed by atoms with Gasteiger partial charge in [-0.1, -0.05) is 25.6 Å². The summed E-state index contributed by atoms with van der Waals surface area (Å²) < 4.78 is 18.1. The zero-order valence-corrected chi connectivity index (χ0v) is 22.7. The summed E-state index contributed by atoms with van der Waals surface area (Å²) >= 11 is 0.932. The number of nitriles is 2. The fourth-order valence-electron chi connectivity index (χ4n) is 4.27. The molecule has 1 saturated heterocycles. The Labute approximate surface area is 238 Å². The molecule has 1 aliphatic rings. The molecular weight excluding hydrogens is 549 g/mol. The molecule has 1 fully saturated rings. The van der Waals surface area contributed by atoms with Crippen molar-refractivity contribution in [3.8, 4) is 12.1 Å². The van der Waals surface area contributed by atoms with Gasteiger partial charge in [-0.2, -0.15) is 10.5 Å². The lowest BCUT2D eigenvalue weighted by molar-refractivity contribution is -0.121. The van der Waals surface area contributed by atoms with Gasteiger partial charge in [-0.25, -0.2) is 19.1 Å². The van der Waals surface area contributed by atoms with Crippen molar-refractivity contribution in [2.45, 2.75) is 36.5 Å². The topological polar surface area (TPSA) is 167 Å². The molecule has 3 aromatic rings. The number of anilines is 2. The number of carbonyl (C=O) groups is 4. The van der Waals surface area contributed by atoms with Crippen molar-refractivity contribution >= 4 is 46.8 Å². The molecule has 12 heteroatoms. The summed E-state index contributed by atoms with van der Waals surface area (Å²) in [6, 6.07) is 14.4. The first kappa shape index (κ1) is 28.9. The van der Waals surface area contributed by atoms with Gasteiger partial charge in [0.2, 0.25) is 11.8 Å². The van der Waals surface area contributed by atoms with Crippen LogP contribution in [0.5, 0.6) is 0 Å². The van der Waals surface area contributed by atoms with Gasteiger partial charge < -0.3 is 10.5 Å². The molecule has 4 rings (SSSR count). The molecule has 2 amide bonds. The highest BCUT2D eigenvalue weighted by Gasteiger charge is 2.41. The fourth-order valence-corrected chi connectivity index (χ4v) is 5.40. The van der Waals surface area contributed by atoms with Crippen molar-refractivity contribution in [2.24, 2.45) is 0 Å². The van der Waals surface area contributed by atoms with Gasteiger partial charge in [0.1, 0.15) is 28.8 Å². The Balaban J connectivity index is 1.47. The minimum absolute atomic E-state index is 0.0619. The molecule has 1 unspecified atom stereocenters. The standard InChI is InChI=1S/C29H22FN5O5S/c1-15(2)25-20(12-31)26(33)34-27(21(25)13-32)41-23-11-24(37)35(28(23)38)19-9-5-17(6-10-19)29(39)40-14-22(36)16-3-7-18(30)8-4-16/h3-10,15,23H,11,14H2,1-2H3,(H2,33,34). The maximum absolute atomic E-state index is 13.2. The van der Waals surface area contributed by atoms with Crippen LogP contribution in [0.4, 0.5) is 15.9 Å². The molecule has 1 aliphatic heterocycles. The number of amides is 2. The number of aromatic nitrogens is 1. The summed E-state index contributed by atoms with van der Waals surface area (Å²) in [5.74, 6) is -3.11. The highest BCUT2D eigenvalue weighted by atomic mass is 32.2. The Hall–Kier alpha value is -5.07. The van der Waals surface area contributed by atoms with Gasteiger partial charge in [0.15, 0.2) is 12.4 Å². The quantitative estimate of drug-likeness (QED) is 0.236. The zero-order valence-electron chi connectivity index (χ0n) is 21.9. The summed E-state index contributed by atoms with van der Waals surface area (Å²) in [4.78, 5) is 55.8. The molecule has 0 aliphatic carbocycles. The van der Waals surface area contributed by atoms with E-state index in [1.807, 2.05) is 6.07 Å². The number of hydrogen-bond donors (Lipinski definition) is 1. The number of pyridine rings is 1. The Bertz CT molecular complexity index is 1640. The van der Waals surface area contributed by atoms with Crippen LogP contribution < -0.4 is 10.6 Å². The Morgan fingerprint density at radius 3 is 2.27 bits per heavy atom. The number of hydrogen-bond acceptors (Lipinski definition) is 10. The molecular formula is C29H22FN5O5S. The van der Waals surface area contributed by atoms with E-state index < -0.39 is 41.2 Å². The molecule has 0 bridgehead atoms. The monoisotopic (exact) mass is 571 g/mol. The first-order valence-corrected chi connectivity index (χ1v) is 13.2. The van der Waals surface area contributed by atoms with Crippen LogP contribution in [0.1, 0.15) is 63.6 Å². The number of esters is 1. The number of thioether (sulfide) groups is 1. The molecule has 1 atom stereocenters. The highest BCUT2D eigenvalue weighted by molar-refractivity contribution is 8.00. The third kappa shape index (κ3) is 5.93. The second-order valence-corrected chi connectivity index (χ2v) is 10.5. The summed E-state index contributed by atoms with van der Waals surface area (Å²) in [7, 11) is 0. The van der Waals surface area contributed by atoms with Crippen LogP contribution in [-0.2, 0) is 14.3 Å². The molecule has 0 saturated carbocycles. The van der Waals surface area contributed by atoms with Gasteiger partial charge in [0, 0.05) is 12.0 Å². The van der Waals surface area contributed by atoms with Gasteiger partial charge in [-0.15, -0.1) is 0 Å². The zero-order chi connectivity index (χ0) is 29.8. The molecule has 41 heavy (non-hydrogen) atoms. The number of benzene rings is 2. The van der Waals surface area contributed by atoms with E-state index in [0.29, 0.717) is 5.56 Å². The molecule has 0 radical (unpaired) electrons. The number of carbonyl (C=O) groups excluding carboxylic acids is 4. The Morgan fingerprint density at radius 2 is 1.68 bits per heavy atom. The van der Waals surface area contributed by atoms with Crippen molar-refractivity contribution in [3.05, 3.63) is 82.2 Å². The van der Waals surface area contributed by atoms with Crippen LogP contribution in [-0.4, -0.2) is 40.4 Å². The number of Topliss-reactive ketones (excluding diaryl/α,β-unsaturated/α-hetero) is 1. The predicted octanol–water partition coefficient (Wildman–Crippen LogP) is 4.13. The van der Waals surface area contributed by atoms with Crippen molar-refractivity contribution in [3.63, 3.8) is 0 Å². The summed E-state index contributed by atoms with van der Waals surface area (Å²) in [5, 5.41) is 18.6. The molecule has 2 aromatic carbocycles. The normalized spacial score (nSPS) is 14.6. The van der Waals surface area contributed by atoms with Gasteiger partial charge in [-0.3, -0.25) is 14.4 Å². The number of imide groups is 1. The van der Waals surface area contributed by atoms with Crippen LogP contribution in [0.2, 0.25) is 0 Å². The second kappa shape index (κ2) is 12.0. The maximum Gasteiger partial charge on any atom is 0.338 e. The number of nitrogens with two attached hydrogens (primary N) is 1. The highest BCUT2D eigenvalue weighted by Crippen LogP contribution is 2.38. The number of ether oxygens (including phenoxy) is 1. The smallest absolute Gasteiger partial charge is 0.338 e. The van der Waals surface area contributed by atoms with Gasteiger partial charge in [0.25, 0.3) is 0 Å². The van der Waals surface area contributed by atoms with Crippen LogP contribution in [0, 0.1) is 28.5 Å². The van der Waals surface area contributed by atoms with E-state index in [1.165, 1.54) is 36.4 Å². The fraction of sp³-hybridized carbons (Fsp3) is 0.207. The lowest BCUT2D eigenvalue weighted by atomic mass is 9.94. The van der Waals surface area contributed by atoms with E-state index >= 15 is 0 Å². The van der Waals surface area contributed by atoms with Crippen molar-refractivity contribution in [2.75, 3.05) is 17.2 Å². The van der Waals surface area contributed by atoms with E-state index in [0.717, 1.165) is 28.8 Å². The van der Waals surface area contributed by atoms with Crippen molar-refractivity contribution in [1.29, 1.82) is 10.5 Å². The van der Waals surface area contributed by atoms with Crippen molar-refractivity contribution < 1.29 is 28.3 Å². The average molecular weight is 572 g/mol. The van der Waals surface area contributed by atoms with Crippen LogP contribution in [0.15, 0.2) is 53.6 Å². The Morgan fingerprint density at radius 1 is 1.07 bits per heavy atom. The summed E-state index contributed by atoms with van der Waals surface area (Å²) in [5.41, 5.74) is 7.14. The number of rotatable bonds is 8. The van der Waals surface area contributed by atoms with Crippen LogP contribution in [0.3, 0.4) is 0 Å². The third-order valence-electron chi connectivity index (χ3n) is 6.25. The van der Waals surface area contributed by atoms with Crippen LogP contribution in [0.25, 0.3) is 0 Å². The molecule has 10 nitrogen and oxygen atoms in total. The summed E-state index contributed by atoms with van der Waals surface area (Å²) in [6.07, 6.45) is -0.164. The first-order chi connectivity index (χ1) is 19.5. The van der Waals surface area contributed by atoms with Gasteiger partial charge >= 0.3 is 5.97 Å². The van der Waals surface area contributed by atoms with Crippen molar-refractivity contribution in [1.82, 2.24) is 4.98 Å². The van der Waals surface area contributed by atoms with E-state index in [2.05, 4.69) is 11.1 Å². The van der Waals surface area contributed by atoms with E-state index in [1.54, 1.807) is 13.8 Å². The van der Waals surface area contributed by atoms with Gasteiger partial charge in [0.05, 0.1) is 27.6 Å². The molecule has 2 heterocycles. The predicted molar refractivity (Wildman–Crippen MR) is 146 cm³/mol. The Kier molecular flexibility index (Phi) is 8.45.